The van der Waals surface area contributed by atoms with Crippen molar-refractivity contribution < 1.29 is 9.90 Å². The molecule has 2 heteroatoms. The molecule has 0 aromatic heterocycles. The summed E-state index contributed by atoms with van der Waals surface area (Å²) in [6.45, 7) is 0.141. The second kappa shape index (κ2) is 3.62. The lowest BCUT2D eigenvalue weighted by atomic mass is 9.88. The highest BCUT2D eigenvalue weighted by molar-refractivity contribution is 5.82. The smallest absolute Gasteiger partial charge is 0.136 e. The van der Waals surface area contributed by atoms with E-state index in [0.29, 0.717) is 30.5 Å². The minimum absolute atomic E-state index is 0.141. The topological polar surface area (TPSA) is 37.3 Å². The number of allylic oxidation sites excluding steroid dienone is 2. The number of fused-ring (bicyclic) bond motifs is 2. The summed E-state index contributed by atoms with van der Waals surface area (Å²) in [5, 5.41) is 8.62. The Morgan fingerprint density at radius 3 is 2.77 bits per heavy atom. The lowest BCUT2D eigenvalue weighted by Crippen LogP contribution is -2.18. The van der Waals surface area contributed by atoms with E-state index in [-0.39, 0.29) is 12.5 Å². The molecule has 2 aliphatic carbocycles. The van der Waals surface area contributed by atoms with Crippen molar-refractivity contribution in [3.63, 3.8) is 0 Å². The first-order valence-corrected chi connectivity index (χ1v) is 5.13. The number of hydrogen-bond acceptors (Lipinski definition) is 2. The number of carbonyl (C=O) groups excluding carboxylic acids is 1. The van der Waals surface area contributed by atoms with Crippen LogP contribution in [0.15, 0.2) is 12.2 Å². The maximum absolute atomic E-state index is 11.6. The monoisotopic (exact) mass is 180 g/mol. The zero-order valence-corrected chi connectivity index (χ0v) is 7.78. The molecule has 0 amide bonds. The highest BCUT2D eigenvalue weighted by Crippen LogP contribution is 2.44. The maximum atomic E-state index is 11.6. The van der Waals surface area contributed by atoms with Gasteiger partial charge in [-0.3, -0.25) is 4.79 Å². The van der Waals surface area contributed by atoms with Crippen LogP contribution in [-0.4, -0.2) is 17.5 Å². The van der Waals surface area contributed by atoms with E-state index in [2.05, 4.69) is 12.2 Å². The van der Waals surface area contributed by atoms with E-state index in [1.165, 1.54) is 6.42 Å². The number of carbonyl (C=O) groups is 1. The van der Waals surface area contributed by atoms with E-state index in [9.17, 15) is 4.79 Å². The summed E-state index contributed by atoms with van der Waals surface area (Å²) in [5.74, 6) is 1.84. The summed E-state index contributed by atoms with van der Waals surface area (Å²) >= 11 is 0. The number of aliphatic hydroxyl groups excluding tert-OH is 1. The van der Waals surface area contributed by atoms with E-state index in [1.807, 2.05) is 0 Å². The van der Waals surface area contributed by atoms with Crippen LogP contribution in [0.4, 0.5) is 0 Å². The number of rotatable bonds is 4. The third-order valence-corrected chi connectivity index (χ3v) is 3.27. The van der Waals surface area contributed by atoms with Gasteiger partial charge in [-0.15, -0.1) is 0 Å². The molecule has 13 heavy (non-hydrogen) atoms. The molecule has 72 valence electrons. The normalized spacial score (nSPS) is 35.6. The van der Waals surface area contributed by atoms with Crippen LogP contribution in [0.1, 0.15) is 25.7 Å². The second-order valence-corrected chi connectivity index (χ2v) is 4.18. The van der Waals surface area contributed by atoms with Gasteiger partial charge in [-0.2, -0.15) is 0 Å². The van der Waals surface area contributed by atoms with Gasteiger partial charge in [0.15, 0.2) is 0 Å². The molecule has 0 heterocycles. The van der Waals surface area contributed by atoms with Crippen molar-refractivity contribution in [3.05, 3.63) is 12.2 Å². The quantitative estimate of drug-likeness (QED) is 0.666. The predicted octanol–water partition coefficient (Wildman–Crippen LogP) is 1.54. The fraction of sp³-hybridized carbons (Fsp3) is 0.727. The van der Waals surface area contributed by atoms with Crippen LogP contribution >= 0.6 is 0 Å². The highest BCUT2D eigenvalue weighted by Gasteiger charge is 2.38. The van der Waals surface area contributed by atoms with Crippen molar-refractivity contribution in [2.45, 2.75) is 25.7 Å². The third-order valence-electron chi connectivity index (χ3n) is 3.27. The van der Waals surface area contributed by atoms with Crippen molar-refractivity contribution in [2.24, 2.45) is 17.8 Å². The molecule has 0 aliphatic heterocycles. The molecular formula is C11H16O2. The van der Waals surface area contributed by atoms with Crippen LogP contribution in [0.2, 0.25) is 0 Å². The molecule has 3 unspecified atom stereocenters. The van der Waals surface area contributed by atoms with Gasteiger partial charge < -0.3 is 5.11 Å². The van der Waals surface area contributed by atoms with Crippen molar-refractivity contribution >= 4 is 5.78 Å². The largest absolute Gasteiger partial charge is 0.396 e. The Balaban J connectivity index is 1.88. The van der Waals surface area contributed by atoms with Crippen LogP contribution in [0.3, 0.4) is 0 Å². The summed E-state index contributed by atoms with van der Waals surface area (Å²) < 4.78 is 0. The Morgan fingerprint density at radius 1 is 1.38 bits per heavy atom. The summed E-state index contributed by atoms with van der Waals surface area (Å²) in [6, 6.07) is 0. The zero-order valence-electron chi connectivity index (χ0n) is 7.78. The molecule has 0 saturated heterocycles. The Kier molecular flexibility index (Phi) is 2.49. The lowest BCUT2D eigenvalue weighted by Gasteiger charge is -2.15. The molecule has 2 nitrogen and oxygen atoms in total. The molecule has 2 rings (SSSR count). The van der Waals surface area contributed by atoms with Crippen LogP contribution in [0.5, 0.6) is 0 Å². The number of hydrogen-bond donors (Lipinski definition) is 1. The fourth-order valence-electron chi connectivity index (χ4n) is 2.59. The van der Waals surface area contributed by atoms with E-state index >= 15 is 0 Å². The van der Waals surface area contributed by atoms with Crippen molar-refractivity contribution in [3.8, 4) is 0 Å². The average Bonchev–Trinajstić information content (AvgIpc) is 2.74. The average molecular weight is 180 g/mol. The van der Waals surface area contributed by atoms with E-state index in [4.69, 9.17) is 5.11 Å². The SMILES string of the molecule is O=C(CCCO)C1CC2C=CC1C2. The Labute approximate surface area is 78.6 Å². The third kappa shape index (κ3) is 1.68. The van der Waals surface area contributed by atoms with E-state index in [0.717, 1.165) is 6.42 Å². The molecular weight excluding hydrogens is 164 g/mol. The second-order valence-electron chi connectivity index (χ2n) is 4.18. The Morgan fingerprint density at radius 2 is 2.23 bits per heavy atom. The first kappa shape index (κ1) is 8.95. The van der Waals surface area contributed by atoms with E-state index in [1.54, 1.807) is 0 Å². The minimum Gasteiger partial charge on any atom is -0.396 e. The van der Waals surface area contributed by atoms with Gasteiger partial charge in [0.2, 0.25) is 0 Å². The summed E-state index contributed by atoms with van der Waals surface area (Å²) in [4.78, 5) is 11.6. The predicted molar refractivity (Wildman–Crippen MR) is 50.2 cm³/mol. The summed E-state index contributed by atoms with van der Waals surface area (Å²) in [6.07, 6.45) is 7.91. The number of Topliss-reactive ketones (excluding diaryl/α,β-unsaturated/α-hetero) is 1. The number of ketones is 1. The van der Waals surface area contributed by atoms with E-state index < -0.39 is 0 Å². The Bertz CT molecular complexity index is 232. The van der Waals surface area contributed by atoms with Gasteiger partial charge in [0.25, 0.3) is 0 Å². The molecule has 2 bridgehead atoms. The standard InChI is InChI=1S/C11H16O2/c12-5-1-2-11(13)10-7-8-3-4-9(10)6-8/h3-4,8-10,12H,1-2,5-7H2. The lowest BCUT2D eigenvalue weighted by molar-refractivity contribution is -0.123. The first-order chi connectivity index (χ1) is 6.31. The van der Waals surface area contributed by atoms with Gasteiger partial charge in [-0.25, -0.2) is 0 Å². The molecule has 0 spiro atoms. The highest BCUT2D eigenvalue weighted by atomic mass is 16.3. The zero-order chi connectivity index (χ0) is 9.26. The molecule has 0 aromatic rings. The molecule has 0 radical (unpaired) electrons. The molecule has 1 N–H and O–H groups in total. The van der Waals surface area contributed by atoms with Crippen molar-refractivity contribution in [1.29, 1.82) is 0 Å². The van der Waals surface area contributed by atoms with Crippen LogP contribution in [-0.2, 0) is 4.79 Å². The maximum Gasteiger partial charge on any atom is 0.136 e. The molecule has 2 aliphatic rings. The van der Waals surface area contributed by atoms with Crippen molar-refractivity contribution in [2.75, 3.05) is 6.61 Å². The molecule has 0 aromatic carbocycles. The molecule has 1 fully saturated rings. The summed E-state index contributed by atoms with van der Waals surface area (Å²) in [7, 11) is 0. The van der Waals surface area contributed by atoms with Crippen molar-refractivity contribution in [1.82, 2.24) is 0 Å². The molecule has 3 atom stereocenters. The van der Waals surface area contributed by atoms with Gasteiger partial charge in [0.05, 0.1) is 0 Å². The Hall–Kier alpha value is -0.630. The summed E-state index contributed by atoms with van der Waals surface area (Å²) in [5.41, 5.74) is 0. The van der Waals surface area contributed by atoms with Crippen LogP contribution in [0, 0.1) is 17.8 Å². The van der Waals surface area contributed by atoms with Crippen LogP contribution < -0.4 is 0 Å². The van der Waals surface area contributed by atoms with Crippen LogP contribution in [0.25, 0.3) is 0 Å². The van der Waals surface area contributed by atoms with Gasteiger partial charge in [-0.1, -0.05) is 12.2 Å². The first-order valence-electron chi connectivity index (χ1n) is 5.13. The minimum atomic E-state index is 0.141. The van der Waals surface area contributed by atoms with Gasteiger partial charge in [0, 0.05) is 18.9 Å². The van der Waals surface area contributed by atoms with Gasteiger partial charge in [-0.05, 0) is 31.1 Å². The number of aliphatic hydroxyl groups is 1. The molecule has 1 saturated carbocycles. The van der Waals surface area contributed by atoms with Gasteiger partial charge >= 0.3 is 0 Å². The fourth-order valence-corrected chi connectivity index (χ4v) is 2.59. The van der Waals surface area contributed by atoms with Gasteiger partial charge in [0.1, 0.15) is 5.78 Å².